The van der Waals surface area contributed by atoms with Gasteiger partial charge in [-0.05, 0) is 25.0 Å². The average molecular weight is 343 g/mol. The molecule has 1 heterocycles. The normalized spacial score (nSPS) is 20.6. The monoisotopic (exact) mass is 343 g/mol. The van der Waals surface area contributed by atoms with Gasteiger partial charge in [0.2, 0.25) is 5.92 Å². The first-order valence-electron chi connectivity index (χ1n) is 6.56. The van der Waals surface area contributed by atoms with Crippen LogP contribution in [0.5, 0.6) is 0 Å². The van der Waals surface area contributed by atoms with E-state index in [2.05, 4.69) is 5.32 Å². The maximum atomic E-state index is 13.0. The lowest BCUT2D eigenvalue weighted by Gasteiger charge is -2.35. The summed E-state index contributed by atoms with van der Waals surface area (Å²) in [6.07, 6.45) is -5.80. The minimum Gasteiger partial charge on any atom is -0.388 e. The van der Waals surface area contributed by atoms with Crippen molar-refractivity contribution in [1.29, 1.82) is 0 Å². The molecule has 0 radical (unpaired) electrons. The van der Waals surface area contributed by atoms with E-state index >= 15 is 0 Å². The first kappa shape index (κ1) is 17.1. The molecule has 2 N–H and O–H groups in total. The minimum atomic E-state index is -4.52. The van der Waals surface area contributed by atoms with E-state index in [1.54, 1.807) is 0 Å². The molecule has 0 spiro atoms. The number of carbonyl (C=O) groups is 1. The van der Waals surface area contributed by atoms with Crippen LogP contribution in [0.25, 0.3) is 0 Å². The van der Waals surface area contributed by atoms with Crippen LogP contribution in [0, 0.1) is 0 Å². The Morgan fingerprint density at radius 3 is 2.32 bits per heavy atom. The van der Waals surface area contributed by atoms with Gasteiger partial charge >= 0.3 is 6.18 Å². The smallest absolute Gasteiger partial charge is 0.388 e. The molecule has 1 amide bonds. The average Bonchev–Trinajstić information content (AvgIpc) is 2.90. The molecule has 0 atom stereocenters. The largest absolute Gasteiger partial charge is 0.425 e. The Morgan fingerprint density at radius 1 is 1.23 bits per heavy atom. The van der Waals surface area contributed by atoms with Crippen LogP contribution < -0.4 is 5.32 Å². The van der Waals surface area contributed by atoms with Crippen molar-refractivity contribution in [3.8, 4) is 0 Å². The first-order chi connectivity index (χ1) is 10.0. The number of halogens is 5. The van der Waals surface area contributed by atoms with Crippen LogP contribution in [0.3, 0.4) is 0 Å². The maximum Gasteiger partial charge on any atom is 0.425 e. The van der Waals surface area contributed by atoms with Gasteiger partial charge in [0, 0.05) is 19.4 Å². The van der Waals surface area contributed by atoms with Crippen molar-refractivity contribution < 1.29 is 31.9 Å². The summed E-state index contributed by atoms with van der Waals surface area (Å²) >= 11 is 0.295. The second-order valence-corrected chi connectivity index (χ2v) is 6.51. The van der Waals surface area contributed by atoms with Gasteiger partial charge < -0.3 is 10.4 Å². The van der Waals surface area contributed by atoms with Crippen molar-refractivity contribution in [2.75, 3.05) is 6.54 Å². The Kier molecular flexibility index (Phi) is 4.49. The zero-order valence-corrected chi connectivity index (χ0v) is 12.2. The number of aliphatic hydroxyl groups is 1. The first-order valence-corrected chi connectivity index (χ1v) is 7.38. The third-order valence-corrected chi connectivity index (χ3v) is 4.73. The minimum absolute atomic E-state index is 0.142. The Hall–Kier alpha value is -1.22. The SMILES string of the molecule is O=C(NCC1(O)CCC(F)(F)CC1)c1ccc(C(F)(F)F)s1. The standard InChI is InChI=1S/C13H14F5NO2S/c14-12(15)5-3-11(21,4-6-12)7-19-10(20)8-1-2-9(22-8)13(16,17)18/h1-2,21H,3-7H2,(H,19,20). The lowest BCUT2D eigenvalue weighted by molar-refractivity contribution is -0.134. The van der Waals surface area contributed by atoms with Gasteiger partial charge in [-0.2, -0.15) is 13.2 Å². The summed E-state index contributed by atoms with van der Waals surface area (Å²) in [7, 11) is 0. The summed E-state index contributed by atoms with van der Waals surface area (Å²) in [4.78, 5) is 10.7. The van der Waals surface area contributed by atoms with Gasteiger partial charge in [-0.1, -0.05) is 0 Å². The molecule has 1 aromatic rings. The third kappa shape index (κ3) is 4.16. The van der Waals surface area contributed by atoms with Crippen molar-refractivity contribution in [1.82, 2.24) is 5.32 Å². The van der Waals surface area contributed by atoms with Gasteiger partial charge in [-0.25, -0.2) is 8.78 Å². The van der Waals surface area contributed by atoms with Crippen molar-refractivity contribution in [2.45, 2.75) is 43.4 Å². The number of hydrogen-bond donors (Lipinski definition) is 2. The fraction of sp³-hybridized carbons (Fsp3) is 0.615. The Morgan fingerprint density at radius 2 is 1.82 bits per heavy atom. The number of amides is 1. The van der Waals surface area contributed by atoms with Crippen LogP contribution >= 0.6 is 11.3 Å². The highest BCUT2D eigenvalue weighted by atomic mass is 32.1. The molecular weight excluding hydrogens is 329 g/mol. The van der Waals surface area contributed by atoms with Crippen molar-refractivity contribution in [2.24, 2.45) is 0 Å². The Balaban J connectivity index is 1.92. The fourth-order valence-electron chi connectivity index (χ4n) is 2.20. The van der Waals surface area contributed by atoms with Crippen LogP contribution in [-0.2, 0) is 6.18 Å². The zero-order valence-electron chi connectivity index (χ0n) is 11.3. The van der Waals surface area contributed by atoms with Gasteiger partial charge in [0.25, 0.3) is 5.91 Å². The second kappa shape index (κ2) is 5.77. The summed E-state index contributed by atoms with van der Waals surface area (Å²) < 4.78 is 63.4. The number of nitrogens with one attached hydrogen (secondary N) is 1. The molecule has 1 fully saturated rings. The van der Waals surface area contributed by atoms with Crippen molar-refractivity contribution in [3.63, 3.8) is 0 Å². The Labute approximate surface area is 127 Å². The van der Waals surface area contributed by atoms with Crippen molar-refractivity contribution >= 4 is 17.2 Å². The third-order valence-electron chi connectivity index (χ3n) is 3.60. The van der Waals surface area contributed by atoms with Gasteiger partial charge in [0.05, 0.1) is 10.5 Å². The van der Waals surface area contributed by atoms with Crippen LogP contribution in [-0.4, -0.2) is 29.1 Å². The highest BCUT2D eigenvalue weighted by Crippen LogP contribution is 2.38. The molecule has 1 saturated carbocycles. The summed E-state index contributed by atoms with van der Waals surface area (Å²) in [5.74, 6) is -3.57. The summed E-state index contributed by atoms with van der Waals surface area (Å²) in [6, 6.07) is 1.84. The molecule has 124 valence electrons. The van der Waals surface area contributed by atoms with Gasteiger partial charge in [0.15, 0.2) is 0 Å². The van der Waals surface area contributed by atoms with Crippen LogP contribution in [0.2, 0.25) is 0 Å². The van der Waals surface area contributed by atoms with E-state index in [0.717, 1.165) is 12.1 Å². The molecule has 0 saturated heterocycles. The summed E-state index contributed by atoms with van der Waals surface area (Å²) in [5.41, 5.74) is -1.44. The van der Waals surface area contributed by atoms with Gasteiger partial charge in [-0.15, -0.1) is 11.3 Å². The fourth-order valence-corrected chi connectivity index (χ4v) is 2.99. The van der Waals surface area contributed by atoms with E-state index in [-0.39, 0.29) is 24.3 Å². The van der Waals surface area contributed by atoms with E-state index in [4.69, 9.17) is 0 Å². The predicted molar refractivity (Wildman–Crippen MR) is 70.0 cm³/mol. The van der Waals surface area contributed by atoms with E-state index in [0.29, 0.717) is 11.3 Å². The van der Waals surface area contributed by atoms with Crippen LogP contribution in [0.4, 0.5) is 22.0 Å². The van der Waals surface area contributed by atoms with Crippen LogP contribution in [0.1, 0.15) is 40.2 Å². The molecule has 0 aromatic carbocycles. The maximum absolute atomic E-state index is 13.0. The van der Waals surface area contributed by atoms with E-state index in [1.807, 2.05) is 0 Å². The lowest BCUT2D eigenvalue weighted by Crippen LogP contribution is -2.47. The zero-order chi connectivity index (χ0) is 16.6. The molecule has 1 aliphatic rings. The topological polar surface area (TPSA) is 49.3 Å². The molecule has 3 nitrogen and oxygen atoms in total. The van der Waals surface area contributed by atoms with Gasteiger partial charge in [0.1, 0.15) is 4.88 Å². The number of thiophene rings is 1. The highest BCUT2D eigenvalue weighted by Gasteiger charge is 2.42. The Bertz CT molecular complexity index is 545. The summed E-state index contributed by atoms with van der Waals surface area (Å²) in [6.45, 7) is -0.263. The number of rotatable bonds is 3. The van der Waals surface area contributed by atoms with E-state index in [1.165, 1.54) is 0 Å². The van der Waals surface area contributed by atoms with E-state index in [9.17, 15) is 31.9 Å². The van der Waals surface area contributed by atoms with Gasteiger partial charge in [-0.3, -0.25) is 4.79 Å². The number of carbonyl (C=O) groups excluding carboxylic acids is 1. The lowest BCUT2D eigenvalue weighted by atomic mass is 9.83. The molecule has 1 aromatic heterocycles. The number of alkyl halides is 5. The molecule has 0 bridgehead atoms. The summed E-state index contributed by atoms with van der Waals surface area (Å²) in [5, 5.41) is 12.4. The van der Waals surface area contributed by atoms with E-state index < -0.39 is 41.3 Å². The number of hydrogen-bond acceptors (Lipinski definition) is 3. The van der Waals surface area contributed by atoms with Crippen molar-refractivity contribution in [3.05, 3.63) is 21.9 Å². The molecule has 0 unspecified atom stereocenters. The highest BCUT2D eigenvalue weighted by molar-refractivity contribution is 7.14. The molecule has 1 aliphatic carbocycles. The molecule has 0 aliphatic heterocycles. The quantitative estimate of drug-likeness (QED) is 0.826. The predicted octanol–water partition coefficient (Wildman–Crippen LogP) is 3.44. The van der Waals surface area contributed by atoms with Crippen LogP contribution in [0.15, 0.2) is 12.1 Å². The molecular formula is C13H14F5NO2S. The second-order valence-electron chi connectivity index (χ2n) is 5.42. The molecule has 9 heteroatoms. The molecule has 2 rings (SSSR count). The molecule has 22 heavy (non-hydrogen) atoms.